The fraction of sp³-hybridized carbons (Fsp3) is 0.556. The van der Waals surface area contributed by atoms with Crippen molar-refractivity contribution in [2.75, 3.05) is 0 Å². The molecule has 1 unspecified atom stereocenters. The van der Waals surface area contributed by atoms with Gasteiger partial charge in [-0.25, -0.2) is 0 Å². The zero-order valence-corrected chi connectivity index (χ0v) is 6.38. The Kier molecular flexibility index (Phi) is 4.70. The number of hydrogen-bond acceptors (Lipinski definition) is 1. The monoisotopic (exact) mass is 138 g/mol. The van der Waals surface area contributed by atoms with Crippen LogP contribution in [0.3, 0.4) is 0 Å². The minimum Gasteiger partial charge on any atom is -0.392 e. The van der Waals surface area contributed by atoms with E-state index < -0.39 is 0 Å². The standard InChI is InChI=1S/C9H14O/c1-4-6-9(10)7-8(3)5-2/h1,5,8-10H,2,6-7H2,3H3/t8-,9?/m1/s1. The molecule has 0 saturated carbocycles. The van der Waals surface area contributed by atoms with E-state index in [4.69, 9.17) is 11.5 Å². The lowest BCUT2D eigenvalue weighted by atomic mass is 10.0. The molecule has 0 aliphatic heterocycles. The topological polar surface area (TPSA) is 20.2 Å². The highest BCUT2D eigenvalue weighted by Gasteiger charge is 2.04. The van der Waals surface area contributed by atoms with E-state index in [2.05, 4.69) is 12.5 Å². The number of aliphatic hydroxyl groups excluding tert-OH is 1. The number of aliphatic hydroxyl groups is 1. The van der Waals surface area contributed by atoms with Crippen LogP contribution >= 0.6 is 0 Å². The Morgan fingerprint density at radius 2 is 2.40 bits per heavy atom. The van der Waals surface area contributed by atoms with Crippen molar-refractivity contribution in [3.8, 4) is 12.3 Å². The van der Waals surface area contributed by atoms with Gasteiger partial charge in [0, 0.05) is 6.42 Å². The van der Waals surface area contributed by atoms with Crippen LogP contribution in [-0.2, 0) is 0 Å². The largest absolute Gasteiger partial charge is 0.392 e. The second kappa shape index (κ2) is 5.08. The van der Waals surface area contributed by atoms with Gasteiger partial charge in [0.25, 0.3) is 0 Å². The Labute approximate surface area is 62.8 Å². The van der Waals surface area contributed by atoms with Crippen LogP contribution in [0.1, 0.15) is 19.8 Å². The third kappa shape index (κ3) is 4.17. The summed E-state index contributed by atoms with van der Waals surface area (Å²) in [4.78, 5) is 0. The van der Waals surface area contributed by atoms with Gasteiger partial charge in [-0.05, 0) is 12.3 Å². The molecule has 56 valence electrons. The van der Waals surface area contributed by atoms with E-state index in [9.17, 15) is 0 Å². The number of terminal acetylenes is 1. The van der Waals surface area contributed by atoms with Crippen molar-refractivity contribution in [3.63, 3.8) is 0 Å². The first-order valence-corrected chi connectivity index (χ1v) is 3.44. The molecular weight excluding hydrogens is 124 g/mol. The normalized spacial score (nSPS) is 15.3. The second-order valence-electron chi connectivity index (χ2n) is 2.51. The highest BCUT2D eigenvalue weighted by atomic mass is 16.3. The van der Waals surface area contributed by atoms with Gasteiger partial charge in [-0.15, -0.1) is 18.9 Å². The van der Waals surface area contributed by atoms with Crippen LogP contribution in [0.25, 0.3) is 0 Å². The lowest BCUT2D eigenvalue weighted by Gasteiger charge is -2.09. The minimum absolute atomic E-state index is 0.350. The van der Waals surface area contributed by atoms with Crippen molar-refractivity contribution in [1.82, 2.24) is 0 Å². The van der Waals surface area contributed by atoms with Crippen LogP contribution in [0.2, 0.25) is 0 Å². The van der Waals surface area contributed by atoms with Crippen molar-refractivity contribution < 1.29 is 5.11 Å². The molecule has 10 heavy (non-hydrogen) atoms. The van der Waals surface area contributed by atoms with Crippen molar-refractivity contribution in [2.24, 2.45) is 5.92 Å². The lowest BCUT2D eigenvalue weighted by Crippen LogP contribution is -2.08. The Balaban J connectivity index is 3.48. The molecule has 0 heterocycles. The van der Waals surface area contributed by atoms with Crippen molar-refractivity contribution >= 4 is 0 Å². The Morgan fingerprint density at radius 3 is 2.80 bits per heavy atom. The molecule has 0 aromatic heterocycles. The molecule has 2 atom stereocenters. The predicted molar refractivity (Wildman–Crippen MR) is 43.4 cm³/mol. The molecule has 1 nitrogen and oxygen atoms in total. The van der Waals surface area contributed by atoms with E-state index in [0.29, 0.717) is 18.8 Å². The van der Waals surface area contributed by atoms with E-state index in [-0.39, 0.29) is 6.10 Å². The lowest BCUT2D eigenvalue weighted by molar-refractivity contribution is 0.158. The maximum atomic E-state index is 9.16. The van der Waals surface area contributed by atoms with E-state index in [1.165, 1.54) is 0 Å². The van der Waals surface area contributed by atoms with Crippen molar-refractivity contribution in [2.45, 2.75) is 25.9 Å². The number of hydrogen-bond donors (Lipinski definition) is 1. The highest BCUT2D eigenvalue weighted by molar-refractivity contribution is 4.88. The predicted octanol–water partition coefficient (Wildman–Crippen LogP) is 1.58. The van der Waals surface area contributed by atoms with Gasteiger partial charge in [-0.3, -0.25) is 0 Å². The van der Waals surface area contributed by atoms with Gasteiger partial charge < -0.3 is 5.11 Å². The van der Waals surface area contributed by atoms with Crippen LogP contribution < -0.4 is 0 Å². The molecule has 0 radical (unpaired) electrons. The molecule has 1 heteroatoms. The molecule has 0 bridgehead atoms. The molecule has 0 rings (SSSR count). The molecule has 0 spiro atoms. The van der Waals surface area contributed by atoms with Crippen LogP contribution in [0.5, 0.6) is 0 Å². The minimum atomic E-state index is -0.363. The third-order valence-corrected chi connectivity index (χ3v) is 1.40. The zero-order valence-electron chi connectivity index (χ0n) is 6.38. The highest BCUT2D eigenvalue weighted by Crippen LogP contribution is 2.08. The molecule has 0 aromatic rings. The summed E-state index contributed by atoms with van der Waals surface area (Å²) in [6.45, 7) is 5.62. The van der Waals surface area contributed by atoms with Gasteiger partial charge in [-0.1, -0.05) is 13.0 Å². The van der Waals surface area contributed by atoms with E-state index >= 15 is 0 Å². The smallest absolute Gasteiger partial charge is 0.0654 e. The molecule has 0 aliphatic carbocycles. The summed E-state index contributed by atoms with van der Waals surface area (Å²) in [6.07, 6.45) is 7.63. The second-order valence-corrected chi connectivity index (χ2v) is 2.51. The molecule has 0 aromatic carbocycles. The van der Waals surface area contributed by atoms with E-state index in [1.54, 1.807) is 0 Å². The molecule has 0 aliphatic rings. The maximum Gasteiger partial charge on any atom is 0.0654 e. The van der Waals surface area contributed by atoms with E-state index in [0.717, 1.165) is 0 Å². The average molecular weight is 138 g/mol. The van der Waals surface area contributed by atoms with Gasteiger partial charge in [-0.2, -0.15) is 0 Å². The summed E-state index contributed by atoms with van der Waals surface area (Å²) in [5.74, 6) is 2.76. The molecule has 0 fully saturated rings. The van der Waals surface area contributed by atoms with Crippen molar-refractivity contribution in [3.05, 3.63) is 12.7 Å². The van der Waals surface area contributed by atoms with Gasteiger partial charge in [0.1, 0.15) is 0 Å². The van der Waals surface area contributed by atoms with Crippen LogP contribution in [0.15, 0.2) is 12.7 Å². The van der Waals surface area contributed by atoms with Crippen LogP contribution in [-0.4, -0.2) is 11.2 Å². The van der Waals surface area contributed by atoms with Gasteiger partial charge >= 0.3 is 0 Å². The van der Waals surface area contributed by atoms with E-state index in [1.807, 2.05) is 13.0 Å². The molecular formula is C9H14O. The first kappa shape index (κ1) is 9.26. The van der Waals surface area contributed by atoms with Gasteiger partial charge in [0.05, 0.1) is 6.10 Å². The molecule has 1 N–H and O–H groups in total. The summed E-state index contributed by atoms with van der Waals surface area (Å²) in [5, 5.41) is 9.16. The van der Waals surface area contributed by atoms with Gasteiger partial charge in [0.2, 0.25) is 0 Å². The SMILES string of the molecule is C#CCC(O)C[C@H](C)C=C. The third-order valence-electron chi connectivity index (χ3n) is 1.40. The summed E-state index contributed by atoms with van der Waals surface area (Å²) in [5.41, 5.74) is 0. The van der Waals surface area contributed by atoms with Crippen LogP contribution in [0.4, 0.5) is 0 Å². The quantitative estimate of drug-likeness (QED) is 0.462. The summed E-state index contributed by atoms with van der Waals surface area (Å²) < 4.78 is 0. The first-order chi connectivity index (χ1) is 4.70. The molecule has 0 saturated heterocycles. The summed E-state index contributed by atoms with van der Waals surface area (Å²) in [6, 6.07) is 0. The fourth-order valence-corrected chi connectivity index (χ4v) is 0.745. The molecule has 0 amide bonds. The Hall–Kier alpha value is -0.740. The van der Waals surface area contributed by atoms with Gasteiger partial charge in [0.15, 0.2) is 0 Å². The average Bonchev–Trinajstić information content (AvgIpc) is 1.88. The Bertz CT molecular complexity index is 132. The zero-order chi connectivity index (χ0) is 7.98. The summed E-state index contributed by atoms with van der Waals surface area (Å²) in [7, 11) is 0. The first-order valence-electron chi connectivity index (χ1n) is 3.44. The number of allylic oxidation sites excluding steroid dienone is 1. The summed E-state index contributed by atoms with van der Waals surface area (Å²) >= 11 is 0. The number of rotatable bonds is 4. The maximum absolute atomic E-state index is 9.16. The Morgan fingerprint density at radius 1 is 1.80 bits per heavy atom. The van der Waals surface area contributed by atoms with Crippen molar-refractivity contribution in [1.29, 1.82) is 0 Å². The van der Waals surface area contributed by atoms with Crippen LogP contribution in [0, 0.1) is 18.3 Å². The fourth-order valence-electron chi connectivity index (χ4n) is 0.745.